The van der Waals surface area contributed by atoms with Gasteiger partial charge in [-0.05, 0) is 85.3 Å². The van der Waals surface area contributed by atoms with Crippen LogP contribution in [0.25, 0.3) is 0 Å². The number of halogens is 3. The van der Waals surface area contributed by atoms with E-state index in [1.54, 1.807) is 18.2 Å². The van der Waals surface area contributed by atoms with Crippen molar-refractivity contribution in [3.05, 3.63) is 131 Å². The molecule has 4 N–H and O–H groups in total. The predicted octanol–water partition coefficient (Wildman–Crippen LogP) is 5.55. The molecule has 1 aliphatic heterocycles. The number of nitrogens with zero attached hydrogens (tertiary/aromatic N) is 1. The highest BCUT2D eigenvalue weighted by molar-refractivity contribution is 5.96. The van der Waals surface area contributed by atoms with Gasteiger partial charge in [0.25, 0.3) is 5.91 Å². The van der Waals surface area contributed by atoms with Gasteiger partial charge in [0.2, 0.25) is 5.91 Å². The molecule has 1 aliphatic carbocycles. The molecule has 2 fully saturated rings. The summed E-state index contributed by atoms with van der Waals surface area (Å²) in [5.74, 6) is -2.18. The highest BCUT2D eigenvalue weighted by Crippen LogP contribution is 2.45. The molecule has 0 unspecified atom stereocenters. The summed E-state index contributed by atoms with van der Waals surface area (Å²) < 4.78 is 48.6. The Hall–Kier alpha value is -4.67. The third kappa shape index (κ3) is 7.34. The number of nitrogens with one attached hydrogen (secondary N) is 2. The number of nitrogens with two attached hydrogens (primary N) is 1. The number of carbonyl (C=O) groups is 2. The number of anilines is 1. The normalized spacial score (nSPS) is 17.4. The van der Waals surface area contributed by atoms with Crippen molar-refractivity contribution in [3.63, 3.8) is 0 Å². The van der Waals surface area contributed by atoms with Gasteiger partial charge in [-0.3, -0.25) is 9.59 Å². The van der Waals surface area contributed by atoms with Crippen LogP contribution in [0.2, 0.25) is 0 Å². The van der Waals surface area contributed by atoms with Crippen molar-refractivity contribution >= 4 is 17.5 Å². The molecular formula is C37H37F3N4O3. The van der Waals surface area contributed by atoms with E-state index in [2.05, 4.69) is 10.6 Å². The first-order valence-corrected chi connectivity index (χ1v) is 15.8. The Morgan fingerprint density at radius 3 is 2.15 bits per heavy atom. The Balaban J connectivity index is 1.18. The molecule has 2 atom stereocenters. The Bertz CT molecular complexity index is 1650. The van der Waals surface area contributed by atoms with E-state index in [0.717, 1.165) is 12.8 Å². The summed E-state index contributed by atoms with van der Waals surface area (Å²) in [4.78, 5) is 29.1. The zero-order chi connectivity index (χ0) is 33.0. The third-order valence-corrected chi connectivity index (χ3v) is 9.14. The molecule has 2 aliphatic rings. The van der Waals surface area contributed by atoms with Crippen LogP contribution >= 0.6 is 0 Å². The van der Waals surface area contributed by atoms with Gasteiger partial charge in [0.1, 0.15) is 23.2 Å². The Kier molecular flexibility index (Phi) is 9.60. The average molecular weight is 643 g/mol. The van der Waals surface area contributed by atoms with Gasteiger partial charge >= 0.3 is 0 Å². The first-order chi connectivity index (χ1) is 22.7. The minimum atomic E-state index is -1.17. The van der Waals surface area contributed by atoms with Gasteiger partial charge in [-0.25, -0.2) is 13.2 Å². The maximum atomic E-state index is 15.4. The molecule has 0 radical (unpaired) electrons. The average Bonchev–Trinajstić information content (AvgIpc) is 3.84. The van der Waals surface area contributed by atoms with Gasteiger partial charge in [-0.15, -0.1) is 0 Å². The van der Waals surface area contributed by atoms with Crippen molar-refractivity contribution < 1.29 is 27.5 Å². The highest BCUT2D eigenvalue weighted by atomic mass is 19.1. The third-order valence-electron chi connectivity index (χ3n) is 9.14. The topological polar surface area (TPSA) is 96.7 Å². The molecule has 2 amide bonds. The summed E-state index contributed by atoms with van der Waals surface area (Å²) in [6.07, 6.45) is 2.48. The van der Waals surface area contributed by atoms with Crippen molar-refractivity contribution in [2.45, 2.75) is 49.2 Å². The lowest BCUT2D eigenvalue weighted by Gasteiger charge is -2.43. The number of para-hydroxylation sites is 1. The Labute approximate surface area is 271 Å². The van der Waals surface area contributed by atoms with Crippen LogP contribution in [0.4, 0.5) is 18.9 Å². The van der Waals surface area contributed by atoms with E-state index in [1.165, 1.54) is 60.7 Å². The summed E-state index contributed by atoms with van der Waals surface area (Å²) in [6, 6.07) is 23.5. The summed E-state index contributed by atoms with van der Waals surface area (Å²) in [6.45, 7) is 1.16. The number of hydrogen-bond acceptors (Lipinski definition) is 5. The zero-order valence-electron chi connectivity index (χ0n) is 25.8. The summed E-state index contributed by atoms with van der Waals surface area (Å²) in [7, 11) is 0. The lowest BCUT2D eigenvalue weighted by molar-refractivity contribution is -0.141. The minimum absolute atomic E-state index is 0.0928. The van der Waals surface area contributed by atoms with Gasteiger partial charge in [-0.2, -0.15) is 0 Å². The smallest absolute Gasteiger partial charge is 0.261 e. The van der Waals surface area contributed by atoms with E-state index < -0.39 is 35.3 Å². The molecule has 1 spiro atoms. The van der Waals surface area contributed by atoms with Crippen molar-refractivity contribution in [1.29, 1.82) is 0 Å². The monoisotopic (exact) mass is 642 g/mol. The van der Waals surface area contributed by atoms with Crippen LogP contribution in [0.15, 0.2) is 97.1 Å². The second-order valence-corrected chi connectivity index (χ2v) is 12.3. The Morgan fingerprint density at radius 1 is 0.894 bits per heavy atom. The molecular weight excluding hydrogens is 605 g/mol. The van der Waals surface area contributed by atoms with Gasteiger partial charge in [-0.1, -0.05) is 48.5 Å². The fraction of sp³-hybridized carbons (Fsp3) is 0.297. The fourth-order valence-corrected chi connectivity index (χ4v) is 6.58. The van der Waals surface area contributed by atoms with Crippen molar-refractivity contribution in [2.75, 3.05) is 25.0 Å². The molecule has 1 saturated heterocycles. The van der Waals surface area contributed by atoms with Crippen LogP contribution < -0.4 is 21.1 Å². The number of rotatable bonds is 11. The van der Waals surface area contributed by atoms with E-state index in [4.69, 9.17) is 10.5 Å². The molecule has 47 heavy (non-hydrogen) atoms. The number of hydrogen-bond donors (Lipinski definition) is 3. The molecule has 10 heteroatoms. The lowest BCUT2D eigenvalue weighted by atomic mass is 9.85. The van der Waals surface area contributed by atoms with Crippen LogP contribution in [0.5, 0.6) is 5.75 Å². The quantitative estimate of drug-likeness (QED) is 0.200. The second-order valence-electron chi connectivity index (χ2n) is 12.3. The number of piperazine rings is 1. The van der Waals surface area contributed by atoms with Crippen molar-refractivity contribution in [1.82, 2.24) is 10.2 Å². The molecule has 4 aromatic rings. The molecule has 7 nitrogen and oxygen atoms in total. The summed E-state index contributed by atoms with van der Waals surface area (Å²) in [5.41, 5.74) is 7.98. The molecule has 1 heterocycles. The molecule has 0 aromatic heterocycles. The molecule has 6 rings (SSSR count). The van der Waals surface area contributed by atoms with E-state index in [-0.39, 0.29) is 36.2 Å². The minimum Gasteiger partial charge on any atom is -0.484 e. The van der Waals surface area contributed by atoms with Crippen LogP contribution in [-0.2, 0) is 16.0 Å². The van der Waals surface area contributed by atoms with E-state index >= 15 is 4.39 Å². The van der Waals surface area contributed by atoms with E-state index in [1.807, 2.05) is 23.1 Å². The first kappa shape index (κ1) is 32.3. The molecule has 244 valence electrons. The van der Waals surface area contributed by atoms with E-state index in [9.17, 15) is 18.4 Å². The second kappa shape index (κ2) is 14.0. The molecule has 1 saturated carbocycles. The maximum Gasteiger partial charge on any atom is 0.261 e. The van der Waals surface area contributed by atoms with Gasteiger partial charge in [0.15, 0.2) is 6.61 Å². The predicted molar refractivity (Wildman–Crippen MR) is 173 cm³/mol. The number of benzene rings is 4. The SMILES string of the molecule is N[C@H](C(=O)Nc1cccc(F)c1CC[C@H]1CNCC2(CC2)N1C(=O)COc1ccccc1)C(c1ccc(F)cc1)c1ccc(F)cc1. The molecule has 0 bridgehead atoms. The number of ether oxygens (including phenoxy) is 1. The summed E-state index contributed by atoms with van der Waals surface area (Å²) >= 11 is 0. The highest BCUT2D eigenvalue weighted by Gasteiger charge is 2.54. The van der Waals surface area contributed by atoms with Crippen LogP contribution in [0.3, 0.4) is 0 Å². The van der Waals surface area contributed by atoms with Gasteiger partial charge in [0.05, 0.1) is 11.6 Å². The van der Waals surface area contributed by atoms with Crippen molar-refractivity contribution in [2.24, 2.45) is 5.73 Å². The zero-order valence-corrected chi connectivity index (χ0v) is 25.8. The van der Waals surface area contributed by atoms with Gasteiger partial charge < -0.3 is 26.0 Å². The van der Waals surface area contributed by atoms with E-state index in [0.29, 0.717) is 42.0 Å². The standard InChI is InChI=1S/C37H37F3N4O3/c38-26-13-9-24(10-14-26)34(25-11-15-27(39)16-12-25)35(41)36(46)43-32-8-4-7-31(40)30(32)18-17-28-21-42-23-37(19-20-37)44(28)33(45)22-47-29-5-2-1-3-6-29/h1-16,28,34-35,42H,17-23,41H2,(H,43,46)/t28-,35-/m0/s1. The van der Waals surface area contributed by atoms with Crippen molar-refractivity contribution in [3.8, 4) is 5.75 Å². The number of carbonyl (C=O) groups excluding carboxylic acids is 2. The first-order valence-electron chi connectivity index (χ1n) is 15.8. The fourth-order valence-electron chi connectivity index (χ4n) is 6.58. The van der Waals surface area contributed by atoms with Crippen LogP contribution in [0, 0.1) is 17.5 Å². The molecule has 4 aromatic carbocycles. The Morgan fingerprint density at radius 2 is 1.53 bits per heavy atom. The van der Waals surface area contributed by atoms with Crippen LogP contribution in [-0.4, -0.2) is 54.0 Å². The van der Waals surface area contributed by atoms with Gasteiger partial charge in [0, 0.05) is 36.3 Å². The maximum absolute atomic E-state index is 15.4. The lowest BCUT2D eigenvalue weighted by Crippen LogP contribution is -2.62. The largest absolute Gasteiger partial charge is 0.484 e. The number of amides is 2. The summed E-state index contributed by atoms with van der Waals surface area (Å²) in [5, 5.41) is 6.26. The van der Waals surface area contributed by atoms with Crippen LogP contribution in [0.1, 0.15) is 41.9 Å².